The van der Waals surface area contributed by atoms with E-state index in [0.29, 0.717) is 13.1 Å². The van der Waals surface area contributed by atoms with Gasteiger partial charge < -0.3 is 10.2 Å². The number of hydrogen-bond donors (Lipinski definition) is 1. The van der Waals surface area contributed by atoms with Crippen LogP contribution in [0.3, 0.4) is 0 Å². The van der Waals surface area contributed by atoms with Crippen LogP contribution in [0.15, 0.2) is 0 Å². The summed E-state index contributed by atoms with van der Waals surface area (Å²) in [6.45, 7) is 7.80. The summed E-state index contributed by atoms with van der Waals surface area (Å²) >= 11 is 0. The van der Waals surface area contributed by atoms with Gasteiger partial charge in [0.05, 0.1) is 0 Å². The van der Waals surface area contributed by atoms with E-state index < -0.39 is 0 Å². The summed E-state index contributed by atoms with van der Waals surface area (Å²) in [7, 11) is 0. The first kappa shape index (κ1) is 19.7. The Kier molecular flexibility index (Phi) is 6.29. The minimum atomic E-state index is -0.375. The van der Waals surface area contributed by atoms with Crippen molar-refractivity contribution in [2.75, 3.05) is 13.1 Å². The average molecular weight is 363 g/mol. The molecule has 0 heterocycles. The predicted octanol–water partition coefficient (Wildman–Crippen LogP) is 4.14. The quantitative estimate of drug-likeness (QED) is 0.660. The molecule has 0 aromatic rings. The molecule has 4 aliphatic carbocycles. The molecule has 1 N–H and O–H groups in total. The van der Waals surface area contributed by atoms with Gasteiger partial charge in [-0.15, -0.1) is 0 Å². The molecule has 4 rings (SSSR count). The molecular formula is C22H38N2O2. The van der Waals surface area contributed by atoms with Crippen LogP contribution in [0.25, 0.3) is 0 Å². The van der Waals surface area contributed by atoms with Gasteiger partial charge in [-0.25, -0.2) is 0 Å². The minimum absolute atomic E-state index is 0.117. The molecule has 4 bridgehead atoms. The lowest BCUT2D eigenvalue weighted by Gasteiger charge is -2.59. The fourth-order valence-electron chi connectivity index (χ4n) is 6.28. The highest BCUT2D eigenvalue weighted by Gasteiger charge is 2.53. The number of nitrogens with zero attached hydrogens (tertiary/aromatic N) is 1. The Hall–Kier alpha value is -1.06. The minimum Gasteiger partial charge on any atom is -0.345 e. The highest BCUT2D eigenvalue weighted by Crippen LogP contribution is 2.61. The normalized spacial score (nSPS) is 33.1. The molecule has 0 radical (unpaired) electrons. The Balaban J connectivity index is 1.60. The van der Waals surface area contributed by atoms with Crippen molar-refractivity contribution in [3.05, 3.63) is 0 Å². The molecule has 1 atom stereocenters. The van der Waals surface area contributed by atoms with Gasteiger partial charge in [0.15, 0.2) is 0 Å². The van der Waals surface area contributed by atoms with Gasteiger partial charge >= 0.3 is 11.8 Å². The first-order valence-electron chi connectivity index (χ1n) is 11.1. The van der Waals surface area contributed by atoms with Crippen LogP contribution in [-0.2, 0) is 9.59 Å². The van der Waals surface area contributed by atoms with E-state index in [1.807, 2.05) is 0 Å². The maximum atomic E-state index is 12.7. The molecule has 0 saturated heterocycles. The van der Waals surface area contributed by atoms with Crippen molar-refractivity contribution >= 4 is 11.8 Å². The van der Waals surface area contributed by atoms with E-state index in [9.17, 15) is 9.59 Å². The maximum absolute atomic E-state index is 12.7. The Morgan fingerprint density at radius 2 is 1.42 bits per heavy atom. The van der Waals surface area contributed by atoms with Crippen molar-refractivity contribution in [1.29, 1.82) is 0 Å². The van der Waals surface area contributed by atoms with Crippen molar-refractivity contribution in [3.8, 4) is 0 Å². The smallest absolute Gasteiger partial charge is 0.311 e. The molecule has 0 spiro atoms. The second-order valence-electron chi connectivity index (χ2n) is 9.47. The second kappa shape index (κ2) is 8.31. The number of amides is 2. The lowest BCUT2D eigenvalue weighted by atomic mass is 9.48. The fourth-order valence-corrected chi connectivity index (χ4v) is 6.28. The lowest BCUT2D eigenvalue weighted by Crippen LogP contribution is -2.57. The first-order valence-corrected chi connectivity index (χ1v) is 11.1. The molecule has 2 amide bonds. The molecular weight excluding hydrogens is 324 g/mol. The molecule has 4 aliphatic rings. The van der Waals surface area contributed by atoms with Crippen molar-refractivity contribution in [2.24, 2.45) is 23.2 Å². The molecule has 4 fully saturated rings. The van der Waals surface area contributed by atoms with E-state index in [2.05, 4.69) is 26.1 Å². The summed E-state index contributed by atoms with van der Waals surface area (Å²) in [4.78, 5) is 27.2. The zero-order valence-corrected chi connectivity index (χ0v) is 17.1. The molecule has 26 heavy (non-hydrogen) atoms. The van der Waals surface area contributed by atoms with Crippen LogP contribution in [0.2, 0.25) is 0 Å². The van der Waals surface area contributed by atoms with Gasteiger partial charge in [0.2, 0.25) is 0 Å². The molecule has 1 unspecified atom stereocenters. The van der Waals surface area contributed by atoms with Crippen molar-refractivity contribution in [3.63, 3.8) is 0 Å². The Morgan fingerprint density at radius 1 is 0.962 bits per heavy atom. The number of nitrogens with one attached hydrogen (secondary N) is 1. The van der Waals surface area contributed by atoms with Crippen LogP contribution < -0.4 is 5.32 Å². The third-order valence-electron chi connectivity index (χ3n) is 7.40. The van der Waals surface area contributed by atoms with E-state index in [4.69, 9.17) is 0 Å². The van der Waals surface area contributed by atoms with Gasteiger partial charge in [0.1, 0.15) is 0 Å². The number of carbonyl (C=O) groups is 2. The Morgan fingerprint density at radius 3 is 1.85 bits per heavy atom. The summed E-state index contributed by atoms with van der Waals surface area (Å²) in [6, 6.07) is 0.117. The molecule has 0 aromatic heterocycles. The van der Waals surface area contributed by atoms with Crippen molar-refractivity contribution in [2.45, 2.75) is 91.0 Å². The topological polar surface area (TPSA) is 49.4 Å². The van der Waals surface area contributed by atoms with E-state index >= 15 is 0 Å². The second-order valence-corrected chi connectivity index (χ2v) is 9.47. The van der Waals surface area contributed by atoms with Crippen LogP contribution >= 0.6 is 0 Å². The Labute approximate surface area is 159 Å². The zero-order chi connectivity index (χ0) is 18.7. The molecule has 148 valence electrons. The molecule has 4 saturated carbocycles. The summed E-state index contributed by atoms with van der Waals surface area (Å²) in [6.07, 6.45) is 12.0. The lowest BCUT2D eigenvalue weighted by molar-refractivity contribution is -0.148. The number of unbranched alkanes of at least 4 members (excludes halogenated alkanes) is 2. The summed E-state index contributed by atoms with van der Waals surface area (Å²) < 4.78 is 0. The highest BCUT2D eigenvalue weighted by molar-refractivity contribution is 6.35. The first-order chi connectivity index (χ1) is 12.5. The number of hydrogen-bond acceptors (Lipinski definition) is 2. The molecule has 0 aromatic carbocycles. The highest BCUT2D eigenvalue weighted by atomic mass is 16.2. The predicted molar refractivity (Wildman–Crippen MR) is 105 cm³/mol. The van der Waals surface area contributed by atoms with Gasteiger partial charge in [-0.1, -0.05) is 26.7 Å². The summed E-state index contributed by atoms with van der Waals surface area (Å²) in [5, 5.41) is 3.14. The van der Waals surface area contributed by atoms with E-state index in [1.54, 1.807) is 4.90 Å². The number of rotatable bonds is 8. The van der Waals surface area contributed by atoms with E-state index in [1.165, 1.54) is 38.5 Å². The van der Waals surface area contributed by atoms with Gasteiger partial charge in [-0.3, -0.25) is 9.59 Å². The largest absolute Gasteiger partial charge is 0.345 e. The van der Waals surface area contributed by atoms with Crippen LogP contribution in [0.4, 0.5) is 0 Å². The van der Waals surface area contributed by atoms with Crippen molar-refractivity contribution in [1.82, 2.24) is 10.2 Å². The third-order valence-corrected chi connectivity index (χ3v) is 7.40. The van der Waals surface area contributed by atoms with E-state index in [0.717, 1.165) is 43.4 Å². The summed E-state index contributed by atoms with van der Waals surface area (Å²) in [5.41, 5.74) is 0.252. The molecule has 4 nitrogen and oxygen atoms in total. The maximum Gasteiger partial charge on any atom is 0.311 e. The van der Waals surface area contributed by atoms with Gasteiger partial charge in [0, 0.05) is 19.1 Å². The number of carbonyl (C=O) groups excluding carboxylic acids is 2. The van der Waals surface area contributed by atoms with Crippen LogP contribution in [0.5, 0.6) is 0 Å². The van der Waals surface area contributed by atoms with Crippen LogP contribution in [-0.4, -0.2) is 35.8 Å². The third kappa shape index (κ3) is 4.09. The SMILES string of the molecule is CCCCN(CCCC)C(=O)C(=O)NC(C)C12CC3CC(CC(C3)C1)C2. The van der Waals surface area contributed by atoms with Crippen LogP contribution in [0.1, 0.15) is 85.0 Å². The Bertz CT molecular complexity index is 473. The van der Waals surface area contributed by atoms with Gasteiger partial charge in [0.25, 0.3) is 0 Å². The monoisotopic (exact) mass is 362 g/mol. The fraction of sp³-hybridized carbons (Fsp3) is 0.909. The molecule has 0 aliphatic heterocycles. The van der Waals surface area contributed by atoms with Gasteiger partial charge in [-0.2, -0.15) is 0 Å². The zero-order valence-electron chi connectivity index (χ0n) is 17.1. The van der Waals surface area contributed by atoms with Gasteiger partial charge in [-0.05, 0) is 81.5 Å². The molecule has 4 heteroatoms. The summed E-state index contributed by atoms with van der Waals surface area (Å²) in [5.74, 6) is 1.90. The van der Waals surface area contributed by atoms with Crippen LogP contribution in [0, 0.1) is 23.2 Å². The standard InChI is InChI=1S/C22H38N2O2/c1-4-6-8-24(9-7-5-2)21(26)20(25)23-16(3)22-13-17-10-18(14-22)12-19(11-17)15-22/h16-19H,4-15H2,1-3H3,(H,23,25). The van der Waals surface area contributed by atoms with Crippen molar-refractivity contribution < 1.29 is 9.59 Å². The average Bonchev–Trinajstić information content (AvgIpc) is 2.60. The van der Waals surface area contributed by atoms with E-state index in [-0.39, 0.29) is 23.3 Å².